The highest BCUT2D eigenvalue weighted by molar-refractivity contribution is 7.07. The number of para-hydroxylation sites is 1. The van der Waals surface area contributed by atoms with Gasteiger partial charge in [0.1, 0.15) is 17.5 Å². The summed E-state index contributed by atoms with van der Waals surface area (Å²) in [5.41, 5.74) is 5.32. The third-order valence-corrected chi connectivity index (χ3v) is 8.18. The largest absolute Gasteiger partial charge is 0.494 e. The zero-order chi connectivity index (χ0) is 30.0. The van der Waals surface area contributed by atoms with Crippen LogP contribution in [0.3, 0.4) is 0 Å². The van der Waals surface area contributed by atoms with Crippen molar-refractivity contribution in [3.63, 3.8) is 0 Å². The van der Waals surface area contributed by atoms with Gasteiger partial charge >= 0.3 is 5.97 Å². The van der Waals surface area contributed by atoms with Crippen LogP contribution in [0.15, 0.2) is 75.7 Å². The molecular formula is C33H35N3O5S. The van der Waals surface area contributed by atoms with E-state index in [9.17, 15) is 9.59 Å². The van der Waals surface area contributed by atoms with Crippen molar-refractivity contribution in [2.75, 3.05) is 19.8 Å². The number of aryl methyl sites for hydroxylation is 1. The van der Waals surface area contributed by atoms with Crippen molar-refractivity contribution in [1.29, 1.82) is 0 Å². The Kier molecular flexibility index (Phi) is 8.49. The van der Waals surface area contributed by atoms with Crippen LogP contribution in [0.4, 0.5) is 0 Å². The van der Waals surface area contributed by atoms with Crippen molar-refractivity contribution >= 4 is 23.4 Å². The molecule has 0 saturated carbocycles. The highest BCUT2D eigenvalue weighted by Crippen LogP contribution is 2.36. The second-order valence-electron chi connectivity index (χ2n) is 9.86. The molecule has 4 aromatic rings. The molecule has 0 radical (unpaired) electrons. The average Bonchev–Trinajstić information content (AvgIpc) is 3.43. The number of allylic oxidation sites excluding steroid dienone is 1. The van der Waals surface area contributed by atoms with E-state index < -0.39 is 12.0 Å². The van der Waals surface area contributed by atoms with Crippen molar-refractivity contribution in [2.45, 2.75) is 47.6 Å². The first kappa shape index (κ1) is 29.1. The van der Waals surface area contributed by atoms with E-state index in [0.717, 1.165) is 28.4 Å². The molecule has 0 unspecified atom stereocenters. The van der Waals surface area contributed by atoms with Crippen LogP contribution in [0.25, 0.3) is 11.8 Å². The third kappa shape index (κ3) is 5.32. The van der Waals surface area contributed by atoms with E-state index in [1.54, 1.807) is 18.4 Å². The van der Waals surface area contributed by atoms with E-state index in [2.05, 4.69) is 10.6 Å². The SMILES string of the molecule is CCOC(=O)C1=C(C)N=c2s/c(=C\c3cc(C)n(-c4ccc(OCC)cc4)c3C)c(=O)n2[C@@H]1c1ccccc1OCC. The summed E-state index contributed by atoms with van der Waals surface area (Å²) in [5, 5.41) is 0. The lowest BCUT2D eigenvalue weighted by atomic mass is 9.95. The summed E-state index contributed by atoms with van der Waals surface area (Å²) in [6.45, 7) is 12.8. The van der Waals surface area contributed by atoms with Gasteiger partial charge in [0.05, 0.1) is 35.6 Å². The van der Waals surface area contributed by atoms with E-state index in [1.165, 1.54) is 11.3 Å². The number of benzene rings is 2. The topological polar surface area (TPSA) is 84.0 Å². The molecule has 3 heterocycles. The molecule has 5 rings (SSSR count). The molecule has 0 N–H and O–H groups in total. The van der Waals surface area contributed by atoms with Gasteiger partial charge in [-0.25, -0.2) is 9.79 Å². The third-order valence-electron chi connectivity index (χ3n) is 7.19. The number of hydrogen-bond acceptors (Lipinski definition) is 7. The quantitative estimate of drug-likeness (QED) is 0.258. The number of rotatable bonds is 9. The lowest BCUT2D eigenvalue weighted by Gasteiger charge is -2.26. The van der Waals surface area contributed by atoms with Crippen molar-refractivity contribution in [1.82, 2.24) is 9.13 Å². The molecule has 8 nitrogen and oxygen atoms in total. The van der Waals surface area contributed by atoms with Crippen LogP contribution >= 0.6 is 11.3 Å². The predicted octanol–water partition coefficient (Wildman–Crippen LogP) is 5.00. The minimum atomic E-state index is -0.735. The van der Waals surface area contributed by atoms with E-state index in [1.807, 2.05) is 82.3 Å². The molecule has 1 atom stereocenters. The summed E-state index contributed by atoms with van der Waals surface area (Å²) in [4.78, 5) is 32.6. The van der Waals surface area contributed by atoms with Crippen molar-refractivity contribution in [3.8, 4) is 17.2 Å². The fourth-order valence-electron chi connectivity index (χ4n) is 5.41. The Balaban J connectivity index is 1.67. The van der Waals surface area contributed by atoms with Crippen LogP contribution in [0.2, 0.25) is 0 Å². The Hall–Kier alpha value is -4.37. The van der Waals surface area contributed by atoms with E-state index in [-0.39, 0.29) is 12.2 Å². The van der Waals surface area contributed by atoms with Crippen LogP contribution in [0.1, 0.15) is 56.3 Å². The summed E-state index contributed by atoms with van der Waals surface area (Å²) in [6, 6.07) is 16.8. The van der Waals surface area contributed by atoms with Gasteiger partial charge in [0.15, 0.2) is 4.80 Å². The highest BCUT2D eigenvalue weighted by atomic mass is 32.1. The monoisotopic (exact) mass is 585 g/mol. The van der Waals surface area contributed by atoms with Gasteiger partial charge in [-0.05, 0) is 89.6 Å². The molecule has 9 heteroatoms. The van der Waals surface area contributed by atoms with Crippen LogP contribution < -0.4 is 24.4 Å². The molecule has 2 aromatic carbocycles. The number of carbonyl (C=O) groups excluding carboxylic acids is 1. The van der Waals surface area contributed by atoms with Crippen LogP contribution in [-0.4, -0.2) is 34.9 Å². The number of carbonyl (C=O) groups is 1. The minimum Gasteiger partial charge on any atom is -0.494 e. The van der Waals surface area contributed by atoms with Gasteiger partial charge in [0.25, 0.3) is 5.56 Å². The second kappa shape index (κ2) is 12.2. The van der Waals surface area contributed by atoms with Gasteiger partial charge in [-0.1, -0.05) is 29.5 Å². The molecule has 2 aromatic heterocycles. The van der Waals surface area contributed by atoms with Crippen molar-refractivity contribution in [3.05, 3.63) is 108 Å². The van der Waals surface area contributed by atoms with Crippen LogP contribution in [-0.2, 0) is 9.53 Å². The first-order valence-electron chi connectivity index (χ1n) is 14.1. The van der Waals surface area contributed by atoms with Gasteiger partial charge in [-0.2, -0.15) is 0 Å². The molecule has 0 aliphatic carbocycles. The molecule has 0 fully saturated rings. The van der Waals surface area contributed by atoms with Gasteiger partial charge in [0, 0.05) is 22.6 Å². The summed E-state index contributed by atoms with van der Waals surface area (Å²) in [5.74, 6) is 0.932. The van der Waals surface area contributed by atoms with Gasteiger partial charge in [0.2, 0.25) is 0 Å². The molecular weight excluding hydrogens is 550 g/mol. The number of nitrogens with zero attached hydrogens (tertiary/aromatic N) is 3. The second-order valence-corrected chi connectivity index (χ2v) is 10.9. The van der Waals surface area contributed by atoms with Gasteiger partial charge in [-0.15, -0.1) is 0 Å². The molecule has 0 amide bonds. The maximum absolute atomic E-state index is 14.1. The maximum atomic E-state index is 14.1. The average molecular weight is 586 g/mol. The zero-order valence-electron chi connectivity index (χ0n) is 24.8. The molecule has 0 bridgehead atoms. The molecule has 1 aliphatic heterocycles. The zero-order valence-corrected chi connectivity index (χ0v) is 25.6. The van der Waals surface area contributed by atoms with E-state index in [4.69, 9.17) is 19.2 Å². The Labute approximate surface area is 248 Å². The summed E-state index contributed by atoms with van der Waals surface area (Å²) >= 11 is 1.31. The first-order chi connectivity index (χ1) is 20.3. The minimum absolute atomic E-state index is 0.212. The Morgan fingerprint density at radius 2 is 1.69 bits per heavy atom. The summed E-state index contributed by atoms with van der Waals surface area (Å²) in [7, 11) is 0. The molecule has 0 saturated heterocycles. The van der Waals surface area contributed by atoms with Crippen molar-refractivity contribution in [2.24, 2.45) is 4.99 Å². The Bertz CT molecular complexity index is 1840. The number of thiazole rings is 1. The molecule has 0 spiro atoms. The molecule has 42 heavy (non-hydrogen) atoms. The predicted molar refractivity (Wildman–Crippen MR) is 164 cm³/mol. The van der Waals surface area contributed by atoms with Crippen LogP contribution in [0, 0.1) is 13.8 Å². The van der Waals surface area contributed by atoms with Crippen LogP contribution in [0.5, 0.6) is 11.5 Å². The van der Waals surface area contributed by atoms with E-state index in [0.29, 0.717) is 45.1 Å². The maximum Gasteiger partial charge on any atom is 0.338 e. The lowest BCUT2D eigenvalue weighted by Crippen LogP contribution is -2.40. The normalized spacial score (nSPS) is 14.9. The van der Waals surface area contributed by atoms with E-state index >= 15 is 0 Å². The smallest absolute Gasteiger partial charge is 0.338 e. The number of ether oxygens (including phenoxy) is 3. The summed E-state index contributed by atoms with van der Waals surface area (Å²) < 4.78 is 21.2. The Morgan fingerprint density at radius 1 is 0.976 bits per heavy atom. The number of esters is 1. The van der Waals surface area contributed by atoms with Gasteiger partial charge < -0.3 is 18.8 Å². The highest BCUT2D eigenvalue weighted by Gasteiger charge is 2.35. The number of hydrogen-bond donors (Lipinski definition) is 0. The number of aromatic nitrogens is 2. The lowest BCUT2D eigenvalue weighted by molar-refractivity contribution is -0.139. The standard InChI is InChI=1S/C33H35N3O5S/c1-7-39-25-16-14-24(15-17-25)35-20(4)18-23(22(35)6)19-28-31(37)36-30(26-12-10-11-13-27(26)40-8-2)29(32(38)41-9-3)21(5)34-33(36)42-28/h10-19,30H,7-9H2,1-6H3/b28-19-/t30-/m1/s1. The van der Waals surface area contributed by atoms with Gasteiger partial charge in [-0.3, -0.25) is 9.36 Å². The first-order valence-corrected chi connectivity index (χ1v) is 14.9. The Morgan fingerprint density at radius 3 is 2.38 bits per heavy atom. The fraction of sp³-hybridized carbons (Fsp3) is 0.303. The van der Waals surface area contributed by atoms with Crippen molar-refractivity contribution < 1.29 is 19.0 Å². The fourth-order valence-corrected chi connectivity index (χ4v) is 6.45. The molecule has 1 aliphatic rings. The summed E-state index contributed by atoms with van der Waals surface area (Å²) in [6.07, 6.45) is 1.91. The molecule has 218 valence electrons. The number of fused-ring (bicyclic) bond motifs is 1.